The van der Waals surface area contributed by atoms with E-state index in [9.17, 15) is 18.0 Å². The minimum Gasteiger partial charge on any atom is -0.388 e. The summed E-state index contributed by atoms with van der Waals surface area (Å²) in [4.78, 5) is 14.1. The maximum absolute atomic E-state index is 11.9. The molecule has 0 unspecified atom stereocenters. The number of alkyl halides is 3. The number of carbonyl (C=O) groups excluding carboxylic acids is 1. The number of pyridine rings is 1. The van der Waals surface area contributed by atoms with Gasteiger partial charge in [0.2, 0.25) is 5.88 Å². The summed E-state index contributed by atoms with van der Waals surface area (Å²) in [5.41, 5.74) is 0.446. The van der Waals surface area contributed by atoms with Crippen LogP contribution < -0.4 is 4.74 Å². The summed E-state index contributed by atoms with van der Waals surface area (Å²) in [6.45, 7) is 1.50. The highest BCUT2D eigenvalue weighted by atomic mass is 127. The topological polar surface area (TPSA) is 39.2 Å². The lowest BCUT2D eigenvalue weighted by molar-refractivity contribution is -0.276. The molecule has 1 aromatic heterocycles. The molecule has 1 rings (SSSR count). The largest absolute Gasteiger partial charge is 0.574 e. The molecule has 0 amide bonds. The van der Waals surface area contributed by atoms with E-state index in [0.29, 0.717) is 15.6 Å². The normalized spacial score (nSPS) is 11.3. The summed E-state index contributed by atoms with van der Waals surface area (Å²) in [5, 5.41) is 0. The number of hydrogen-bond donors (Lipinski definition) is 0. The molecule has 0 fully saturated rings. The molecule has 0 aliphatic rings. The van der Waals surface area contributed by atoms with Gasteiger partial charge in [0.1, 0.15) is 0 Å². The summed E-state index contributed by atoms with van der Waals surface area (Å²) in [6, 6.07) is 0.954. The van der Waals surface area contributed by atoms with E-state index in [1.807, 2.05) is 22.6 Å². The fraction of sp³-hybridized carbons (Fsp3) is 0.250. The predicted octanol–water partition coefficient (Wildman–Crippen LogP) is 2.71. The van der Waals surface area contributed by atoms with E-state index in [1.54, 1.807) is 0 Å². The van der Waals surface area contributed by atoms with Crippen molar-refractivity contribution in [2.45, 2.75) is 13.3 Å². The molecular weight excluding hydrogens is 326 g/mol. The van der Waals surface area contributed by atoms with E-state index >= 15 is 0 Å². The van der Waals surface area contributed by atoms with Gasteiger partial charge in [-0.3, -0.25) is 4.79 Å². The van der Waals surface area contributed by atoms with Gasteiger partial charge in [0.15, 0.2) is 6.29 Å². The zero-order valence-electron chi connectivity index (χ0n) is 7.43. The van der Waals surface area contributed by atoms with Gasteiger partial charge >= 0.3 is 6.36 Å². The molecule has 82 valence electrons. The minimum atomic E-state index is -4.80. The zero-order valence-corrected chi connectivity index (χ0v) is 9.59. The number of aromatic nitrogens is 1. The Labute approximate surface area is 96.8 Å². The molecule has 0 aliphatic carbocycles. The lowest BCUT2D eigenvalue weighted by Crippen LogP contribution is -2.18. The number of aryl methyl sites for hydroxylation is 1. The first kappa shape index (κ1) is 12.2. The van der Waals surface area contributed by atoms with Crippen LogP contribution >= 0.6 is 22.6 Å². The van der Waals surface area contributed by atoms with Crippen molar-refractivity contribution in [2.75, 3.05) is 0 Å². The van der Waals surface area contributed by atoms with Gasteiger partial charge in [-0.1, -0.05) is 0 Å². The molecular formula is C8H5F3INO2. The van der Waals surface area contributed by atoms with Gasteiger partial charge < -0.3 is 4.74 Å². The number of aldehydes is 1. The fourth-order valence-electron chi connectivity index (χ4n) is 0.909. The number of halogens is 4. The second-order valence-corrected chi connectivity index (χ2v) is 3.69. The van der Waals surface area contributed by atoms with Gasteiger partial charge in [-0.25, -0.2) is 4.98 Å². The number of nitrogens with zero attached hydrogens (tertiary/aromatic N) is 1. The first-order valence-electron chi connectivity index (χ1n) is 3.71. The molecule has 0 aliphatic heterocycles. The maximum Gasteiger partial charge on any atom is 0.574 e. The van der Waals surface area contributed by atoms with E-state index in [-0.39, 0.29) is 5.56 Å². The summed E-state index contributed by atoms with van der Waals surface area (Å²) in [5.74, 6) is -0.623. The third kappa shape index (κ3) is 3.33. The minimum absolute atomic E-state index is 0.127. The van der Waals surface area contributed by atoms with Crippen LogP contribution in [0.5, 0.6) is 5.88 Å². The molecule has 3 nitrogen and oxygen atoms in total. The van der Waals surface area contributed by atoms with E-state index in [1.165, 1.54) is 6.92 Å². The quantitative estimate of drug-likeness (QED) is 0.618. The Morgan fingerprint density at radius 2 is 2.13 bits per heavy atom. The summed E-state index contributed by atoms with van der Waals surface area (Å²) >= 11 is 1.83. The molecule has 0 aromatic carbocycles. The van der Waals surface area contributed by atoms with Crippen LogP contribution in [-0.2, 0) is 0 Å². The smallest absolute Gasteiger partial charge is 0.388 e. The van der Waals surface area contributed by atoms with Gasteiger partial charge in [0.25, 0.3) is 0 Å². The summed E-state index contributed by atoms with van der Waals surface area (Å²) in [7, 11) is 0. The standard InChI is InChI=1S/C8H5F3INO2/c1-4-7(12)5(3-14)2-6(13-4)15-8(9,10)11/h2-3H,1H3. The van der Waals surface area contributed by atoms with E-state index < -0.39 is 12.2 Å². The number of hydrogen-bond acceptors (Lipinski definition) is 3. The molecule has 0 spiro atoms. The Bertz CT molecular complexity index is 392. The van der Waals surface area contributed by atoms with Crippen molar-refractivity contribution < 1.29 is 22.7 Å². The van der Waals surface area contributed by atoms with Crippen LogP contribution in [0.25, 0.3) is 0 Å². The molecule has 0 radical (unpaired) electrons. The van der Waals surface area contributed by atoms with Crippen molar-refractivity contribution in [1.82, 2.24) is 4.98 Å². The second-order valence-electron chi connectivity index (χ2n) is 2.61. The monoisotopic (exact) mass is 331 g/mol. The lowest BCUT2D eigenvalue weighted by Gasteiger charge is -2.09. The van der Waals surface area contributed by atoms with Gasteiger partial charge in [0, 0.05) is 15.2 Å². The van der Waals surface area contributed by atoms with Crippen LogP contribution in [0.2, 0.25) is 0 Å². The van der Waals surface area contributed by atoms with Crippen LogP contribution in [0.4, 0.5) is 13.2 Å². The Morgan fingerprint density at radius 3 is 2.60 bits per heavy atom. The highest BCUT2D eigenvalue weighted by molar-refractivity contribution is 14.1. The molecule has 15 heavy (non-hydrogen) atoms. The fourth-order valence-corrected chi connectivity index (χ4v) is 1.31. The van der Waals surface area contributed by atoms with Crippen molar-refractivity contribution in [1.29, 1.82) is 0 Å². The average Bonchev–Trinajstić information content (AvgIpc) is 2.08. The van der Waals surface area contributed by atoms with Crippen LogP contribution in [0.3, 0.4) is 0 Å². The first-order valence-corrected chi connectivity index (χ1v) is 4.79. The van der Waals surface area contributed by atoms with E-state index in [0.717, 1.165) is 6.07 Å². The van der Waals surface area contributed by atoms with Crippen molar-refractivity contribution in [3.8, 4) is 5.88 Å². The molecule has 1 aromatic rings. The van der Waals surface area contributed by atoms with Gasteiger partial charge in [-0.2, -0.15) is 0 Å². The SMILES string of the molecule is Cc1nc(OC(F)(F)F)cc(C=O)c1I. The van der Waals surface area contributed by atoms with Crippen LogP contribution in [0, 0.1) is 10.5 Å². The predicted molar refractivity (Wildman–Crippen MR) is 53.8 cm³/mol. The Kier molecular flexibility index (Phi) is 3.53. The van der Waals surface area contributed by atoms with Crippen molar-refractivity contribution in [2.24, 2.45) is 0 Å². The Balaban J connectivity index is 3.11. The summed E-state index contributed by atoms with van der Waals surface area (Å²) < 4.78 is 39.7. The third-order valence-corrected chi connectivity index (χ3v) is 2.88. The maximum atomic E-state index is 11.9. The molecule has 0 atom stereocenters. The molecule has 7 heteroatoms. The Hall–Kier alpha value is -0.860. The van der Waals surface area contributed by atoms with Crippen molar-refractivity contribution in [3.63, 3.8) is 0 Å². The van der Waals surface area contributed by atoms with Crippen LogP contribution in [-0.4, -0.2) is 17.6 Å². The summed E-state index contributed by atoms with van der Waals surface area (Å²) in [6.07, 6.45) is -4.34. The van der Waals surface area contributed by atoms with Crippen LogP contribution in [0.1, 0.15) is 16.1 Å². The number of carbonyl (C=O) groups is 1. The van der Waals surface area contributed by atoms with Gasteiger partial charge in [-0.05, 0) is 29.5 Å². The molecule has 0 bridgehead atoms. The lowest BCUT2D eigenvalue weighted by atomic mass is 10.2. The highest BCUT2D eigenvalue weighted by Gasteiger charge is 2.32. The third-order valence-electron chi connectivity index (χ3n) is 1.48. The van der Waals surface area contributed by atoms with Gasteiger partial charge in [-0.15, -0.1) is 13.2 Å². The molecule has 0 saturated carbocycles. The molecule has 1 heterocycles. The Morgan fingerprint density at radius 1 is 1.53 bits per heavy atom. The number of ether oxygens (including phenoxy) is 1. The van der Waals surface area contributed by atoms with E-state index in [4.69, 9.17) is 0 Å². The highest BCUT2D eigenvalue weighted by Crippen LogP contribution is 2.24. The van der Waals surface area contributed by atoms with Crippen molar-refractivity contribution in [3.05, 3.63) is 20.9 Å². The molecule has 0 saturated heterocycles. The van der Waals surface area contributed by atoms with E-state index in [2.05, 4.69) is 9.72 Å². The number of rotatable bonds is 2. The first-order chi connectivity index (χ1) is 6.83. The average molecular weight is 331 g/mol. The van der Waals surface area contributed by atoms with Crippen molar-refractivity contribution >= 4 is 28.9 Å². The molecule has 0 N–H and O–H groups in total. The zero-order chi connectivity index (χ0) is 11.6. The van der Waals surface area contributed by atoms with Gasteiger partial charge in [0.05, 0.1) is 5.69 Å². The van der Waals surface area contributed by atoms with Crippen LogP contribution in [0.15, 0.2) is 6.07 Å². The second kappa shape index (κ2) is 4.33.